The molecule has 114 valence electrons. The lowest BCUT2D eigenvalue weighted by Crippen LogP contribution is -2.55. The molecule has 20 heavy (non-hydrogen) atoms. The third-order valence-electron chi connectivity index (χ3n) is 3.96. The van der Waals surface area contributed by atoms with Gasteiger partial charge >= 0.3 is 5.97 Å². The van der Waals surface area contributed by atoms with Crippen molar-refractivity contribution in [3.8, 4) is 0 Å². The highest BCUT2D eigenvalue weighted by Gasteiger charge is 2.48. The van der Waals surface area contributed by atoms with Gasteiger partial charge in [0.1, 0.15) is 5.54 Å². The maximum absolute atomic E-state index is 12.2. The van der Waals surface area contributed by atoms with Crippen LogP contribution in [0.15, 0.2) is 9.47 Å². The highest BCUT2D eigenvalue weighted by Crippen LogP contribution is 2.34. The van der Waals surface area contributed by atoms with Gasteiger partial charge in [0.2, 0.25) is 5.91 Å². The van der Waals surface area contributed by atoms with Crippen molar-refractivity contribution in [2.75, 3.05) is 6.54 Å². The standard InChI is InChI=1S/C14H21Br2NO3/c1-3-5-6-14(4-2,13(19)20)17-9-10(7-11(15)16)8-12(17)18/h7,10H,3-6,8-9H2,1-2H3,(H,19,20)/t10?,14-/m0/s1. The summed E-state index contributed by atoms with van der Waals surface area (Å²) in [5.41, 5.74) is -1.05. The summed E-state index contributed by atoms with van der Waals surface area (Å²) in [4.78, 5) is 25.6. The van der Waals surface area contributed by atoms with Crippen LogP contribution in [0, 0.1) is 5.92 Å². The molecule has 1 saturated heterocycles. The number of hydrogen-bond donors (Lipinski definition) is 1. The van der Waals surface area contributed by atoms with Crippen molar-refractivity contribution in [1.82, 2.24) is 4.90 Å². The van der Waals surface area contributed by atoms with Crippen LogP contribution in [0.3, 0.4) is 0 Å². The smallest absolute Gasteiger partial charge is 0.329 e. The molecule has 1 fully saturated rings. The molecule has 0 bridgehead atoms. The van der Waals surface area contributed by atoms with E-state index in [0.717, 1.165) is 16.2 Å². The van der Waals surface area contributed by atoms with E-state index in [0.29, 0.717) is 25.8 Å². The Labute approximate surface area is 136 Å². The largest absolute Gasteiger partial charge is 0.479 e. The zero-order valence-corrected chi connectivity index (χ0v) is 15.0. The molecule has 0 aliphatic carbocycles. The van der Waals surface area contributed by atoms with E-state index in [1.165, 1.54) is 0 Å². The summed E-state index contributed by atoms with van der Waals surface area (Å²) in [6, 6.07) is 0. The molecule has 1 N–H and O–H groups in total. The number of hydrogen-bond acceptors (Lipinski definition) is 2. The van der Waals surface area contributed by atoms with Crippen LogP contribution in [-0.2, 0) is 9.59 Å². The molecule has 0 radical (unpaired) electrons. The minimum absolute atomic E-state index is 0.0585. The molecule has 0 saturated carbocycles. The summed E-state index contributed by atoms with van der Waals surface area (Å²) >= 11 is 6.59. The maximum atomic E-state index is 12.2. The highest BCUT2D eigenvalue weighted by atomic mass is 79.9. The van der Waals surface area contributed by atoms with Gasteiger partial charge < -0.3 is 10.0 Å². The average Bonchev–Trinajstić information content (AvgIpc) is 2.71. The van der Waals surface area contributed by atoms with Crippen molar-refractivity contribution in [3.63, 3.8) is 0 Å². The van der Waals surface area contributed by atoms with Crippen LogP contribution in [0.1, 0.15) is 46.0 Å². The van der Waals surface area contributed by atoms with E-state index in [9.17, 15) is 14.7 Å². The molecule has 1 aliphatic rings. The molecule has 0 aromatic carbocycles. The lowest BCUT2D eigenvalue weighted by Gasteiger charge is -2.38. The number of carboxylic acids is 1. The van der Waals surface area contributed by atoms with Crippen LogP contribution in [0.5, 0.6) is 0 Å². The molecule has 6 heteroatoms. The second-order valence-electron chi connectivity index (χ2n) is 5.22. The van der Waals surface area contributed by atoms with Gasteiger partial charge in [0, 0.05) is 18.9 Å². The predicted octanol–water partition coefficient (Wildman–Crippen LogP) is 3.89. The zero-order valence-electron chi connectivity index (χ0n) is 11.9. The first-order valence-electron chi connectivity index (χ1n) is 6.94. The summed E-state index contributed by atoms with van der Waals surface area (Å²) in [5, 5.41) is 9.67. The third kappa shape index (κ3) is 3.85. The van der Waals surface area contributed by atoms with Crippen molar-refractivity contribution >= 4 is 43.7 Å². The summed E-state index contributed by atoms with van der Waals surface area (Å²) in [6.07, 6.45) is 4.99. The first-order chi connectivity index (χ1) is 9.37. The van der Waals surface area contributed by atoms with Crippen LogP contribution < -0.4 is 0 Å². The van der Waals surface area contributed by atoms with E-state index in [2.05, 4.69) is 31.9 Å². The van der Waals surface area contributed by atoms with E-state index < -0.39 is 11.5 Å². The monoisotopic (exact) mass is 409 g/mol. The molecule has 0 aromatic heterocycles. The van der Waals surface area contributed by atoms with E-state index in [1.807, 2.05) is 19.9 Å². The second kappa shape index (κ2) is 7.59. The lowest BCUT2D eigenvalue weighted by molar-refractivity contribution is -0.158. The van der Waals surface area contributed by atoms with E-state index in [1.54, 1.807) is 4.90 Å². The van der Waals surface area contributed by atoms with Gasteiger partial charge in [-0.05, 0) is 44.7 Å². The minimum Gasteiger partial charge on any atom is -0.479 e. The number of nitrogens with zero attached hydrogens (tertiary/aromatic N) is 1. The Morgan fingerprint density at radius 3 is 2.60 bits per heavy atom. The average molecular weight is 411 g/mol. The fraction of sp³-hybridized carbons (Fsp3) is 0.714. The number of carbonyl (C=O) groups excluding carboxylic acids is 1. The van der Waals surface area contributed by atoms with Gasteiger partial charge in [0.15, 0.2) is 0 Å². The number of unbranched alkanes of at least 4 members (excludes halogenated alkanes) is 1. The Bertz CT molecular complexity index is 407. The SMILES string of the molecule is CCCC[C@@](CC)(C(=O)O)N1CC(C=C(Br)Br)CC1=O. The van der Waals surface area contributed by atoms with Crippen LogP contribution in [-0.4, -0.2) is 34.0 Å². The number of halogens is 2. The van der Waals surface area contributed by atoms with E-state index in [-0.39, 0.29) is 11.8 Å². The molecule has 1 amide bonds. The highest BCUT2D eigenvalue weighted by molar-refractivity contribution is 9.28. The first kappa shape index (κ1) is 17.7. The van der Waals surface area contributed by atoms with Gasteiger partial charge in [-0.1, -0.05) is 32.8 Å². The van der Waals surface area contributed by atoms with Crippen LogP contribution >= 0.6 is 31.9 Å². The fourth-order valence-electron chi connectivity index (χ4n) is 2.78. The topological polar surface area (TPSA) is 57.6 Å². The third-order valence-corrected chi connectivity index (χ3v) is 4.49. The number of amides is 1. The normalized spacial score (nSPS) is 21.7. The first-order valence-corrected chi connectivity index (χ1v) is 8.52. The number of aliphatic carboxylic acids is 1. The van der Waals surface area contributed by atoms with Crippen molar-refractivity contribution in [1.29, 1.82) is 0 Å². The van der Waals surface area contributed by atoms with Gasteiger partial charge in [-0.3, -0.25) is 4.79 Å². The number of carboxylic acid groups (broad SMARTS) is 1. The molecular formula is C14H21Br2NO3. The molecular weight excluding hydrogens is 390 g/mol. The van der Waals surface area contributed by atoms with Gasteiger partial charge in [-0.2, -0.15) is 0 Å². The predicted molar refractivity (Wildman–Crippen MR) is 85.9 cm³/mol. The van der Waals surface area contributed by atoms with Crippen molar-refractivity contribution < 1.29 is 14.7 Å². The Hall–Kier alpha value is -0.360. The molecule has 4 nitrogen and oxygen atoms in total. The molecule has 0 aromatic rings. The summed E-state index contributed by atoms with van der Waals surface area (Å²) < 4.78 is 0.802. The summed E-state index contributed by atoms with van der Waals surface area (Å²) in [6.45, 7) is 4.35. The van der Waals surface area contributed by atoms with E-state index >= 15 is 0 Å². The van der Waals surface area contributed by atoms with Crippen molar-refractivity contribution in [2.45, 2.75) is 51.5 Å². The fourth-order valence-corrected chi connectivity index (χ4v) is 3.53. The molecule has 1 rings (SSSR count). The minimum atomic E-state index is -1.05. The van der Waals surface area contributed by atoms with Crippen molar-refractivity contribution in [2.24, 2.45) is 5.92 Å². The number of likely N-dealkylation sites (tertiary alicyclic amines) is 1. The molecule has 1 unspecified atom stereocenters. The quantitative estimate of drug-likeness (QED) is 0.692. The van der Waals surface area contributed by atoms with Gasteiger partial charge in [0.05, 0.1) is 3.39 Å². The van der Waals surface area contributed by atoms with E-state index in [4.69, 9.17) is 0 Å². The Morgan fingerprint density at radius 2 is 2.15 bits per heavy atom. The zero-order chi connectivity index (χ0) is 15.3. The molecule has 2 atom stereocenters. The van der Waals surface area contributed by atoms with Gasteiger partial charge in [-0.15, -0.1) is 0 Å². The molecule has 1 heterocycles. The van der Waals surface area contributed by atoms with Crippen molar-refractivity contribution in [3.05, 3.63) is 9.47 Å². The summed E-state index contributed by atoms with van der Waals surface area (Å²) in [5.74, 6) is -0.889. The van der Waals surface area contributed by atoms with Gasteiger partial charge in [-0.25, -0.2) is 4.79 Å². The Kier molecular flexibility index (Phi) is 6.72. The Morgan fingerprint density at radius 1 is 1.50 bits per heavy atom. The van der Waals surface area contributed by atoms with Gasteiger partial charge in [0.25, 0.3) is 0 Å². The lowest BCUT2D eigenvalue weighted by atomic mass is 9.88. The number of carbonyl (C=O) groups is 2. The van der Waals surface area contributed by atoms with Crippen LogP contribution in [0.4, 0.5) is 0 Å². The van der Waals surface area contributed by atoms with Crippen LogP contribution in [0.2, 0.25) is 0 Å². The summed E-state index contributed by atoms with van der Waals surface area (Å²) in [7, 11) is 0. The second-order valence-corrected chi connectivity index (χ2v) is 7.99. The molecule has 0 spiro atoms. The number of rotatable bonds is 7. The maximum Gasteiger partial charge on any atom is 0.329 e. The molecule has 1 aliphatic heterocycles. The van der Waals surface area contributed by atoms with Crippen LogP contribution in [0.25, 0.3) is 0 Å². The Balaban J connectivity index is 3.00.